The maximum absolute atomic E-state index is 13.7. The maximum atomic E-state index is 13.7. The first kappa shape index (κ1) is 13.7. The SMILES string of the molecule is CC1CC(Nc2cc(F)c(Br)cc2F)CC(C)O1. The molecule has 1 N–H and O–H groups in total. The van der Waals surface area contributed by atoms with Crippen molar-refractivity contribution in [2.45, 2.75) is 44.9 Å². The van der Waals surface area contributed by atoms with Crippen molar-refractivity contribution in [3.63, 3.8) is 0 Å². The van der Waals surface area contributed by atoms with Gasteiger partial charge in [-0.05, 0) is 48.7 Å². The van der Waals surface area contributed by atoms with Crippen molar-refractivity contribution in [3.05, 3.63) is 28.2 Å². The minimum Gasteiger partial charge on any atom is -0.380 e. The van der Waals surface area contributed by atoms with Crippen LogP contribution in [0.3, 0.4) is 0 Å². The average Bonchev–Trinajstić information content (AvgIpc) is 2.24. The molecule has 0 aliphatic carbocycles. The van der Waals surface area contributed by atoms with Crippen molar-refractivity contribution in [2.75, 3.05) is 5.32 Å². The molecule has 1 aliphatic rings. The predicted octanol–water partition coefficient (Wildman–Crippen LogP) is 4.10. The van der Waals surface area contributed by atoms with Gasteiger partial charge in [-0.3, -0.25) is 0 Å². The van der Waals surface area contributed by atoms with Crippen LogP contribution < -0.4 is 5.32 Å². The van der Waals surface area contributed by atoms with Crippen LogP contribution in [0, 0.1) is 11.6 Å². The molecule has 0 saturated carbocycles. The number of hydrogen-bond acceptors (Lipinski definition) is 2. The fourth-order valence-electron chi connectivity index (χ4n) is 2.38. The largest absolute Gasteiger partial charge is 0.380 e. The summed E-state index contributed by atoms with van der Waals surface area (Å²) in [6.45, 7) is 3.98. The first-order valence-electron chi connectivity index (χ1n) is 6.02. The molecule has 2 atom stereocenters. The van der Waals surface area contributed by atoms with Gasteiger partial charge in [0.2, 0.25) is 0 Å². The average molecular weight is 320 g/mol. The van der Waals surface area contributed by atoms with Gasteiger partial charge in [0.25, 0.3) is 0 Å². The van der Waals surface area contributed by atoms with Crippen LogP contribution in [0.1, 0.15) is 26.7 Å². The van der Waals surface area contributed by atoms with Crippen molar-refractivity contribution in [1.82, 2.24) is 0 Å². The van der Waals surface area contributed by atoms with Gasteiger partial charge in [-0.25, -0.2) is 8.78 Å². The van der Waals surface area contributed by atoms with Gasteiger partial charge in [0.1, 0.15) is 11.6 Å². The maximum Gasteiger partial charge on any atom is 0.147 e. The number of rotatable bonds is 2. The van der Waals surface area contributed by atoms with E-state index >= 15 is 0 Å². The highest BCUT2D eigenvalue weighted by atomic mass is 79.9. The summed E-state index contributed by atoms with van der Waals surface area (Å²) >= 11 is 2.96. The third-order valence-corrected chi connectivity index (χ3v) is 3.67. The molecule has 100 valence electrons. The molecule has 0 spiro atoms. The van der Waals surface area contributed by atoms with E-state index in [0.717, 1.165) is 18.9 Å². The molecule has 1 aliphatic heterocycles. The van der Waals surface area contributed by atoms with Crippen LogP contribution in [-0.2, 0) is 4.74 Å². The summed E-state index contributed by atoms with van der Waals surface area (Å²) < 4.78 is 32.8. The lowest BCUT2D eigenvalue weighted by Gasteiger charge is -2.33. The Bertz CT molecular complexity index is 431. The van der Waals surface area contributed by atoms with E-state index < -0.39 is 11.6 Å². The summed E-state index contributed by atoms with van der Waals surface area (Å²) in [4.78, 5) is 0. The first-order valence-corrected chi connectivity index (χ1v) is 6.81. The molecule has 0 amide bonds. The third-order valence-electron chi connectivity index (χ3n) is 3.07. The molecular weight excluding hydrogens is 304 g/mol. The lowest BCUT2D eigenvalue weighted by molar-refractivity contribution is -0.0338. The lowest BCUT2D eigenvalue weighted by atomic mass is 9.99. The summed E-state index contributed by atoms with van der Waals surface area (Å²) in [6, 6.07) is 2.44. The summed E-state index contributed by atoms with van der Waals surface area (Å²) in [7, 11) is 0. The molecule has 0 bridgehead atoms. The van der Waals surface area contributed by atoms with Gasteiger partial charge in [-0.2, -0.15) is 0 Å². The standard InChI is InChI=1S/C13H16BrF2NO/c1-7-3-9(4-8(2)18-7)17-13-6-11(15)10(14)5-12(13)16/h5-9,17H,3-4H2,1-2H3. The summed E-state index contributed by atoms with van der Waals surface area (Å²) in [5.74, 6) is -0.915. The molecular formula is C13H16BrF2NO. The second kappa shape index (κ2) is 5.53. The quantitative estimate of drug-likeness (QED) is 0.829. The summed E-state index contributed by atoms with van der Waals surface area (Å²) in [5.41, 5.74) is 0.210. The minimum absolute atomic E-state index is 0.110. The molecule has 0 radical (unpaired) electrons. The molecule has 0 aromatic heterocycles. The van der Waals surface area contributed by atoms with E-state index in [4.69, 9.17) is 4.74 Å². The van der Waals surface area contributed by atoms with Crippen molar-refractivity contribution in [3.8, 4) is 0 Å². The van der Waals surface area contributed by atoms with Gasteiger partial charge in [0, 0.05) is 12.1 Å². The highest BCUT2D eigenvalue weighted by molar-refractivity contribution is 9.10. The summed E-state index contributed by atoms with van der Waals surface area (Å²) in [5, 5.41) is 3.06. The van der Waals surface area contributed by atoms with Crippen molar-refractivity contribution >= 4 is 21.6 Å². The normalized spacial score (nSPS) is 28.2. The Morgan fingerprint density at radius 2 is 1.78 bits per heavy atom. The molecule has 1 aromatic rings. The molecule has 18 heavy (non-hydrogen) atoms. The Kier molecular flexibility index (Phi) is 4.22. The number of nitrogens with one attached hydrogen (secondary N) is 1. The van der Waals surface area contributed by atoms with Crippen molar-refractivity contribution < 1.29 is 13.5 Å². The predicted molar refractivity (Wildman–Crippen MR) is 70.7 cm³/mol. The Hall–Kier alpha value is -0.680. The lowest BCUT2D eigenvalue weighted by Crippen LogP contribution is -2.37. The minimum atomic E-state index is -0.466. The monoisotopic (exact) mass is 319 g/mol. The second-order valence-electron chi connectivity index (χ2n) is 4.82. The van der Waals surface area contributed by atoms with Crippen LogP contribution >= 0.6 is 15.9 Å². The Morgan fingerprint density at radius 1 is 1.17 bits per heavy atom. The molecule has 5 heteroatoms. The van der Waals surface area contributed by atoms with Crippen molar-refractivity contribution in [1.29, 1.82) is 0 Å². The summed E-state index contributed by atoms with van der Waals surface area (Å²) in [6.07, 6.45) is 1.85. The Balaban J connectivity index is 2.11. The third kappa shape index (κ3) is 3.20. The van der Waals surface area contributed by atoms with E-state index in [0.29, 0.717) is 0 Å². The highest BCUT2D eigenvalue weighted by Gasteiger charge is 2.25. The fourth-order valence-corrected chi connectivity index (χ4v) is 2.69. The van der Waals surface area contributed by atoms with Gasteiger partial charge >= 0.3 is 0 Å². The van der Waals surface area contributed by atoms with Crippen LogP contribution in [0.25, 0.3) is 0 Å². The smallest absolute Gasteiger partial charge is 0.147 e. The fraction of sp³-hybridized carbons (Fsp3) is 0.538. The van der Waals surface area contributed by atoms with Crippen molar-refractivity contribution in [2.24, 2.45) is 0 Å². The van der Waals surface area contributed by atoms with Gasteiger partial charge in [0.15, 0.2) is 0 Å². The number of ether oxygens (including phenoxy) is 1. The van der Waals surface area contributed by atoms with E-state index in [-0.39, 0.29) is 28.4 Å². The number of halogens is 3. The van der Waals surface area contributed by atoms with Crippen LogP contribution in [0.5, 0.6) is 0 Å². The molecule has 2 nitrogen and oxygen atoms in total. The molecule has 1 aromatic carbocycles. The molecule has 1 fully saturated rings. The molecule has 2 rings (SSSR count). The highest BCUT2D eigenvalue weighted by Crippen LogP contribution is 2.27. The van der Waals surface area contributed by atoms with Crippen LogP contribution in [-0.4, -0.2) is 18.2 Å². The zero-order chi connectivity index (χ0) is 13.3. The van der Waals surface area contributed by atoms with E-state index in [9.17, 15) is 8.78 Å². The molecule has 1 saturated heterocycles. The van der Waals surface area contributed by atoms with Crippen LogP contribution in [0.2, 0.25) is 0 Å². The second-order valence-corrected chi connectivity index (χ2v) is 5.67. The Morgan fingerprint density at radius 3 is 2.39 bits per heavy atom. The van der Waals surface area contributed by atoms with Gasteiger partial charge < -0.3 is 10.1 Å². The van der Waals surface area contributed by atoms with Gasteiger partial charge in [-0.15, -0.1) is 0 Å². The van der Waals surface area contributed by atoms with Gasteiger partial charge in [-0.1, -0.05) is 0 Å². The topological polar surface area (TPSA) is 21.3 Å². The van der Waals surface area contributed by atoms with E-state index in [2.05, 4.69) is 21.2 Å². The molecule has 1 heterocycles. The number of anilines is 1. The van der Waals surface area contributed by atoms with Crippen LogP contribution in [0.15, 0.2) is 16.6 Å². The Labute approximate surface area is 114 Å². The van der Waals surface area contributed by atoms with E-state index in [1.807, 2.05) is 13.8 Å². The van der Waals surface area contributed by atoms with Gasteiger partial charge in [0.05, 0.1) is 22.4 Å². The first-order chi connectivity index (χ1) is 8.45. The zero-order valence-corrected chi connectivity index (χ0v) is 11.9. The van der Waals surface area contributed by atoms with E-state index in [1.54, 1.807) is 0 Å². The number of hydrogen-bond donors (Lipinski definition) is 1. The molecule has 2 unspecified atom stereocenters. The number of benzene rings is 1. The van der Waals surface area contributed by atoms with Crippen LogP contribution in [0.4, 0.5) is 14.5 Å². The van der Waals surface area contributed by atoms with E-state index in [1.165, 1.54) is 6.07 Å². The zero-order valence-electron chi connectivity index (χ0n) is 10.3.